The molecule has 1 amide bonds. The second kappa shape index (κ2) is 13.5. The summed E-state index contributed by atoms with van der Waals surface area (Å²) in [5, 5.41) is 3.33. The number of carbonyl (C=O) groups is 1. The maximum Gasteiger partial charge on any atom is 0.220 e. The average Bonchev–Trinajstić information content (AvgIpc) is 3.63. The fraction of sp³-hybridized carbons (Fsp3) is 0.891. The molecule has 4 aliphatic rings. The summed E-state index contributed by atoms with van der Waals surface area (Å²) in [5.74, 6) is 5.16. The molecule has 0 aromatic heterocycles. The second-order valence-corrected chi connectivity index (χ2v) is 23.1. The Morgan fingerprint density at radius 2 is 1.52 bits per heavy atom. The Morgan fingerprint density at radius 1 is 0.875 bits per heavy atom. The Labute approximate surface area is 299 Å². The molecular formula is C46H81NO. The van der Waals surface area contributed by atoms with Crippen molar-refractivity contribution in [2.75, 3.05) is 0 Å². The summed E-state index contributed by atoms with van der Waals surface area (Å²) in [6, 6.07) is 0. The first-order valence-corrected chi connectivity index (χ1v) is 20.4. The van der Waals surface area contributed by atoms with Crippen LogP contribution in [0.15, 0.2) is 23.8 Å². The van der Waals surface area contributed by atoms with Crippen LogP contribution in [-0.4, -0.2) is 11.4 Å². The first-order chi connectivity index (χ1) is 21.7. The molecule has 4 bridgehead atoms. The lowest BCUT2D eigenvalue weighted by Gasteiger charge is -2.55. The van der Waals surface area contributed by atoms with Crippen molar-refractivity contribution in [1.29, 1.82) is 0 Å². The van der Waals surface area contributed by atoms with Crippen LogP contribution >= 0.6 is 0 Å². The summed E-state index contributed by atoms with van der Waals surface area (Å²) in [5.41, 5.74) is 3.09. The first kappa shape index (κ1) is 39.7. The van der Waals surface area contributed by atoms with Crippen molar-refractivity contribution in [3.05, 3.63) is 23.8 Å². The van der Waals surface area contributed by atoms with Crippen molar-refractivity contribution in [2.45, 2.75) is 187 Å². The third-order valence-corrected chi connectivity index (χ3v) is 14.0. The van der Waals surface area contributed by atoms with Gasteiger partial charge in [-0.2, -0.15) is 0 Å². The van der Waals surface area contributed by atoms with Gasteiger partial charge in [0.25, 0.3) is 0 Å². The van der Waals surface area contributed by atoms with Gasteiger partial charge < -0.3 is 5.32 Å². The number of allylic oxidation sites excluding steroid dienone is 4. The molecule has 2 fully saturated rings. The van der Waals surface area contributed by atoms with E-state index in [1.165, 1.54) is 57.8 Å². The summed E-state index contributed by atoms with van der Waals surface area (Å²) in [6.45, 7) is 38.8. The van der Waals surface area contributed by atoms with Crippen LogP contribution in [0.2, 0.25) is 0 Å². The Bertz CT molecular complexity index is 1190. The molecule has 8 unspecified atom stereocenters. The highest BCUT2D eigenvalue weighted by molar-refractivity contribution is 5.76. The minimum Gasteiger partial charge on any atom is -0.352 e. The lowest BCUT2D eigenvalue weighted by atomic mass is 9.49. The van der Waals surface area contributed by atoms with E-state index in [-0.39, 0.29) is 38.5 Å². The van der Waals surface area contributed by atoms with Gasteiger partial charge >= 0.3 is 0 Å². The van der Waals surface area contributed by atoms with Crippen molar-refractivity contribution in [2.24, 2.45) is 73.9 Å². The van der Waals surface area contributed by atoms with Gasteiger partial charge in [0.05, 0.1) is 0 Å². The van der Waals surface area contributed by atoms with Gasteiger partial charge in [-0.1, -0.05) is 133 Å². The maximum atomic E-state index is 13.5. The largest absolute Gasteiger partial charge is 0.352 e. The zero-order chi connectivity index (χ0) is 36.3. The fourth-order valence-electron chi connectivity index (χ4n) is 12.3. The van der Waals surface area contributed by atoms with Crippen LogP contribution in [0.25, 0.3) is 0 Å². The minimum atomic E-state index is -0.185. The third-order valence-electron chi connectivity index (χ3n) is 14.0. The molecule has 0 saturated heterocycles. The van der Waals surface area contributed by atoms with Gasteiger partial charge in [0.2, 0.25) is 5.91 Å². The molecule has 0 aromatic rings. The van der Waals surface area contributed by atoms with Crippen molar-refractivity contribution < 1.29 is 4.79 Å². The molecule has 2 saturated carbocycles. The highest BCUT2D eigenvalue weighted by Gasteiger charge is 2.66. The maximum absolute atomic E-state index is 13.5. The SMILES string of the molecule is CC(C)CCCC1C(CCCC(C)(C)C)C2C=C(CC(C)(C)C3C4C=CC(C(C)(C)C)(C4)C3C(C)(C)C)C1(CCC(=O)NC(C)(C)C)C2. The van der Waals surface area contributed by atoms with Crippen LogP contribution in [0.1, 0.15) is 181 Å². The molecule has 48 heavy (non-hydrogen) atoms. The van der Waals surface area contributed by atoms with Gasteiger partial charge in [-0.25, -0.2) is 0 Å². The van der Waals surface area contributed by atoms with Crippen LogP contribution in [0.4, 0.5) is 0 Å². The molecule has 4 aliphatic carbocycles. The molecule has 0 radical (unpaired) electrons. The number of amides is 1. The standard InChI is InChI=1S/C46H81NO/c1-31(2)19-17-21-36-35(20-18-24-40(3,4)5)33-27-34(45(36,28-33)25-23-37(48)47-43(12,13)14)30-44(15,16)38-32-22-26-46(29-32,42(9,10)11)39(38)41(6,7)8/h22,26-27,31-33,35-36,38-39H,17-21,23-25,28-30H2,1-16H3,(H,47,48). The van der Waals surface area contributed by atoms with Crippen LogP contribution in [0, 0.1) is 73.9 Å². The van der Waals surface area contributed by atoms with E-state index in [9.17, 15) is 4.79 Å². The second-order valence-electron chi connectivity index (χ2n) is 23.1. The van der Waals surface area contributed by atoms with E-state index in [0.29, 0.717) is 41.4 Å². The van der Waals surface area contributed by atoms with Gasteiger partial charge in [0, 0.05) is 12.0 Å². The van der Waals surface area contributed by atoms with Gasteiger partial charge in [-0.15, -0.1) is 0 Å². The monoisotopic (exact) mass is 664 g/mol. The summed E-state index contributed by atoms with van der Waals surface area (Å²) in [4.78, 5) is 13.5. The Hall–Kier alpha value is -1.05. The third kappa shape index (κ3) is 8.19. The number of carbonyl (C=O) groups excluding carboxylic acids is 1. The quantitative estimate of drug-likeness (QED) is 0.195. The summed E-state index contributed by atoms with van der Waals surface area (Å²) in [6.07, 6.45) is 21.6. The summed E-state index contributed by atoms with van der Waals surface area (Å²) >= 11 is 0. The lowest BCUT2D eigenvalue weighted by molar-refractivity contribution is -0.123. The number of hydrogen-bond acceptors (Lipinski definition) is 1. The van der Waals surface area contributed by atoms with Gasteiger partial charge in [-0.05, 0) is 140 Å². The normalized spacial score (nSPS) is 33.6. The van der Waals surface area contributed by atoms with Gasteiger partial charge in [0.1, 0.15) is 0 Å². The topological polar surface area (TPSA) is 29.1 Å². The highest BCUT2D eigenvalue weighted by atomic mass is 16.1. The predicted octanol–water partition coefficient (Wildman–Crippen LogP) is 13.2. The zero-order valence-electron chi connectivity index (χ0n) is 35.0. The minimum absolute atomic E-state index is 0.174. The number of rotatable bonds is 13. The Morgan fingerprint density at radius 3 is 2.06 bits per heavy atom. The van der Waals surface area contributed by atoms with E-state index >= 15 is 0 Å². The van der Waals surface area contributed by atoms with Gasteiger partial charge in [0.15, 0.2) is 0 Å². The highest BCUT2D eigenvalue weighted by Crippen LogP contribution is 2.73. The molecule has 4 rings (SSSR count). The number of fused-ring (bicyclic) bond motifs is 4. The molecule has 276 valence electrons. The summed E-state index contributed by atoms with van der Waals surface area (Å²) in [7, 11) is 0. The van der Waals surface area contributed by atoms with E-state index in [4.69, 9.17) is 0 Å². The molecule has 0 aromatic carbocycles. The van der Waals surface area contributed by atoms with Crippen LogP contribution in [-0.2, 0) is 4.79 Å². The van der Waals surface area contributed by atoms with E-state index in [2.05, 4.69) is 134 Å². The van der Waals surface area contributed by atoms with Crippen molar-refractivity contribution in [3.8, 4) is 0 Å². The van der Waals surface area contributed by atoms with Crippen molar-refractivity contribution in [3.63, 3.8) is 0 Å². The van der Waals surface area contributed by atoms with Crippen molar-refractivity contribution >= 4 is 5.91 Å². The van der Waals surface area contributed by atoms with Crippen LogP contribution < -0.4 is 5.32 Å². The molecule has 2 nitrogen and oxygen atoms in total. The Kier molecular flexibility index (Phi) is 11.2. The average molecular weight is 664 g/mol. The Balaban J connectivity index is 1.71. The molecular weight excluding hydrogens is 583 g/mol. The molecule has 2 heteroatoms. The van der Waals surface area contributed by atoms with E-state index in [0.717, 1.165) is 18.3 Å². The molecule has 0 spiro atoms. The molecule has 0 heterocycles. The summed E-state index contributed by atoms with van der Waals surface area (Å²) < 4.78 is 0. The zero-order valence-corrected chi connectivity index (χ0v) is 35.0. The van der Waals surface area contributed by atoms with E-state index in [1.54, 1.807) is 5.57 Å². The smallest absolute Gasteiger partial charge is 0.220 e. The van der Waals surface area contributed by atoms with E-state index in [1.807, 2.05) is 0 Å². The molecule has 8 atom stereocenters. The fourth-order valence-corrected chi connectivity index (χ4v) is 12.3. The van der Waals surface area contributed by atoms with Crippen molar-refractivity contribution in [1.82, 2.24) is 5.32 Å². The predicted molar refractivity (Wildman–Crippen MR) is 209 cm³/mol. The van der Waals surface area contributed by atoms with E-state index < -0.39 is 0 Å². The van der Waals surface area contributed by atoms with Gasteiger partial charge in [-0.3, -0.25) is 4.79 Å². The first-order valence-electron chi connectivity index (χ1n) is 20.4. The lowest BCUT2D eigenvalue weighted by Crippen LogP contribution is -2.49. The van der Waals surface area contributed by atoms with Crippen LogP contribution in [0.5, 0.6) is 0 Å². The molecule has 1 N–H and O–H groups in total. The van der Waals surface area contributed by atoms with Crippen LogP contribution in [0.3, 0.4) is 0 Å². The number of nitrogens with one attached hydrogen (secondary N) is 1. The number of hydrogen-bond donors (Lipinski definition) is 1. The molecule has 0 aliphatic heterocycles.